The van der Waals surface area contributed by atoms with E-state index in [4.69, 9.17) is 8.83 Å². The third kappa shape index (κ3) is 2.85. The molecule has 5 heteroatoms. The van der Waals surface area contributed by atoms with Crippen molar-refractivity contribution in [2.24, 2.45) is 7.05 Å². The van der Waals surface area contributed by atoms with Crippen molar-refractivity contribution >= 4 is 43.9 Å². The summed E-state index contributed by atoms with van der Waals surface area (Å²) in [5.41, 5.74) is 6.79. The molecule has 3 aromatic carbocycles. The molecule has 0 aliphatic heterocycles. The van der Waals surface area contributed by atoms with Crippen LogP contribution in [-0.2, 0) is 7.05 Å². The molecule has 7 aromatic rings. The van der Waals surface area contributed by atoms with E-state index < -0.39 is 5.95 Å². The van der Waals surface area contributed by atoms with Crippen molar-refractivity contribution in [2.45, 2.75) is 6.92 Å². The zero-order chi connectivity index (χ0) is 23.7. The standard InChI is InChI=1S/C30H20FN2O2/c1-17-10-12-21-22-16-32-30(31)27(29(22)35-28(21)26(17)23-8-5-6-14-33(23)2)18-11-13-20-19-7-3-4-9-24(19)34-25(20)15-18/h3-16H,1-2H3/q+1. The van der Waals surface area contributed by atoms with Gasteiger partial charge < -0.3 is 8.83 Å². The second kappa shape index (κ2) is 7.24. The summed E-state index contributed by atoms with van der Waals surface area (Å²) in [6, 6.07) is 23.8. The highest BCUT2D eigenvalue weighted by molar-refractivity contribution is 6.13. The number of pyridine rings is 2. The van der Waals surface area contributed by atoms with Crippen molar-refractivity contribution in [3.63, 3.8) is 0 Å². The molecule has 0 spiro atoms. The zero-order valence-corrected chi connectivity index (χ0v) is 19.2. The lowest BCUT2D eigenvalue weighted by Gasteiger charge is -2.05. The van der Waals surface area contributed by atoms with Crippen LogP contribution in [0.3, 0.4) is 0 Å². The van der Waals surface area contributed by atoms with Gasteiger partial charge in [-0.15, -0.1) is 0 Å². The van der Waals surface area contributed by atoms with E-state index in [1.54, 1.807) is 6.20 Å². The summed E-state index contributed by atoms with van der Waals surface area (Å²) in [5, 5.41) is 3.71. The minimum absolute atomic E-state index is 0.335. The van der Waals surface area contributed by atoms with E-state index in [1.807, 2.05) is 73.9 Å². The molecule has 0 saturated carbocycles. The molecular weight excluding hydrogens is 439 g/mol. The van der Waals surface area contributed by atoms with Gasteiger partial charge in [-0.05, 0) is 42.3 Å². The van der Waals surface area contributed by atoms with Crippen LogP contribution < -0.4 is 4.57 Å². The van der Waals surface area contributed by atoms with Crippen LogP contribution in [0.4, 0.5) is 4.39 Å². The SMILES string of the molecule is Cc1ccc2c(oc3c(-c4ccc5c(c4)oc4ccccc45)c(F)ncc32)c1-c1cccc[n+]1C. The fourth-order valence-corrected chi connectivity index (χ4v) is 5.10. The summed E-state index contributed by atoms with van der Waals surface area (Å²) in [6.45, 7) is 2.06. The number of rotatable bonds is 2. The highest BCUT2D eigenvalue weighted by Gasteiger charge is 2.24. The molecule has 4 aromatic heterocycles. The quantitative estimate of drug-likeness (QED) is 0.199. The summed E-state index contributed by atoms with van der Waals surface area (Å²) < 4.78 is 29.9. The molecule has 0 atom stereocenters. The number of furan rings is 2. The minimum Gasteiger partial charge on any atom is -0.456 e. The van der Waals surface area contributed by atoms with Gasteiger partial charge in [0.05, 0.1) is 11.1 Å². The van der Waals surface area contributed by atoms with Gasteiger partial charge in [0.25, 0.3) is 0 Å². The molecule has 4 heterocycles. The lowest BCUT2D eigenvalue weighted by molar-refractivity contribution is -0.660. The minimum atomic E-state index is -0.574. The third-order valence-electron chi connectivity index (χ3n) is 6.82. The number of aromatic nitrogens is 2. The van der Waals surface area contributed by atoms with E-state index in [0.29, 0.717) is 22.3 Å². The van der Waals surface area contributed by atoms with Crippen molar-refractivity contribution < 1.29 is 17.8 Å². The van der Waals surface area contributed by atoms with Crippen molar-refractivity contribution in [3.05, 3.63) is 96.7 Å². The molecule has 168 valence electrons. The fraction of sp³-hybridized carbons (Fsp3) is 0.0667. The predicted octanol–water partition coefficient (Wildman–Crippen LogP) is 7.49. The second-order valence-corrected chi connectivity index (χ2v) is 8.91. The Kier molecular flexibility index (Phi) is 4.12. The lowest BCUT2D eigenvalue weighted by Crippen LogP contribution is -2.30. The van der Waals surface area contributed by atoms with Gasteiger partial charge in [0.1, 0.15) is 29.4 Å². The Bertz CT molecular complexity index is 1950. The summed E-state index contributed by atoms with van der Waals surface area (Å²) in [4.78, 5) is 4.11. The van der Waals surface area contributed by atoms with Crippen molar-refractivity contribution in [2.75, 3.05) is 0 Å². The van der Waals surface area contributed by atoms with E-state index in [9.17, 15) is 0 Å². The van der Waals surface area contributed by atoms with Crippen LogP contribution in [0.15, 0.2) is 94.0 Å². The van der Waals surface area contributed by atoms with Crippen molar-refractivity contribution in [1.82, 2.24) is 4.98 Å². The molecule has 35 heavy (non-hydrogen) atoms. The van der Waals surface area contributed by atoms with E-state index in [-0.39, 0.29) is 0 Å². The number of nitrogens with zero attached hydrogens (tertiary/aromatic N) is 2. The number of aryl methyl sites for hydroxylation is 2. The second-order valence-electron chi connectivity index (χ2n) is 8.91. The Morgan fingerprint density at radius 3 is 2.40 bits per heavy atom. The number of fused-ring (bicyclic) bond motifs is 6. The van der Waals surface area contributed by atoms with Crippen LogP contribution in [0, 0.1) is 12.9 Å². The first-order valence-corrected chi connectivity index (χ1v) is 11.5. The molecular formula is C30H20FN2O2+. The predicted molar refractivity (Wildman–Crippen MR) is 136 cm³/mol. The lowest BCUT2D eigenvalue weighted by atomic mass is 10.00. The maximum Gasteiger partial charge on any atom is 0.224 e. The Morgan fingerprint density at radius 2 is 1.51 bits per heavy atom. The monoisotopic (exact) mass is 459 g/mol. The normalized spacial score (nSPS) is 11.9. The van der Waals surface area contributed by atoms with Gasteiger partial charge in [-0.1, -0.05) is 36.4 Å². The molecule has 4 nitrogen and oxygen atoms in total. The van der Waals surface area contributed by atoms with Gasteiger partial charge in [0.2, 0.25) is 11.6 Å². The molecule has 0 fully saturated rings. The largest absolute Gasteiger partial charge is 0.456 e. The van der Waals surface area contributed by atoms with Crippen LogP contribution in [0.5, 0.6) is 0 Å². The number of para-hydroxylation sites is 1. The Balaban J connectivity index is 1.54. The maximum absolute atomic E-state index is 15.3. The number of benzene rings is 3. The van der Waals surface area contributed by atoms with E-state index >= 15 is 4.39 Å². The highest BCUT2D eigenvalue weighted by atomic mass is 19.1. The van der Waals surface area contributed by atoms with Gasteiger partial charge in [-0.25, -0.2) is 9.55 Å². The molecule has 0 radical (unpaired) electrons. The topological polar surface area (TPSA) is 43.1 Å². The Morgan fingerprint density at radius 1 is 0.743 bits per heavy atom. The van der Waals surface area contributed by atoms with Gasteiger partial charge in [0.15, 0.2) is 6.20 Å². The van der Waals surface area contributed by atoms with Crippen LogP contribution in [-0.4, -0.2) is 4.98 Å². The summed E-state index contributed by atoms with van der Waals surface area (Å²) >= 11 is 0. The molecule has 7 rings (SSSR count). The fourth-order valence-electron chi connectivity index (χ4n) is 5.10. The maximum atomic E-state index is 15.3. The summed E-state index contributed by atoms with van der Waals surface area (Å²) in [6.07, 6.45) is 3.56. The van der Waals surface area contributed by atoms with Gasteiger partial charge in [0, 0.05) is 39.9 Å². The summed E-state index contributed by atoms with van der Waals surface area (Å²) in [7, 11) is 2.01. The Hall–Kier alpha value is -4.51. The average Bonchev–Trinajstić information content (AvgIpc) is 3.42. The highest BCUT2D eigenvalue weighted by Crippen LogP contribution is 2.42. The van der Waals surface area contributed by atoms with Crippen LogP contribution in [0.25, 0.3) is 66.3 Å². The number of hydrogen-bond acceptors (Lipinski definition) is 3. The average molecular weight is 460 g/mol. The number of hydrogen-bond donors (Lipinski definition) is 0. The molecule has 0 aliphatic carbocycles. The molecule has 0 saturated heterocycles. The number of halogens is 1. The van der Waals surface area contributed by atoms with Gasteiger partial charge in [-0.2, -0.15) is 4.39 Å². The Labute approximate surface area is 199 Å². The van der Waals surface area contributed by atoms with Crippen LogP contribution in [0.1, 0.15) is 5.56 Å². The third-order valence-corrected chi connectivity index (χ3v) is 6.82. The van der Waals surface area contributed by atoms with Gasteiger partial charge in [-0.3, -0.25) is 0 Å². The first-order valence-electron chi connectivity index (χ1n) is 11.5. The van der Waals surface area contributed by atoms with Crippen LogP contribution >= 0.6 is 0 Å². The van der Waals surface area contributed by atoms with Gasteiger partial charge >= 0.3 is 0 Å². The molecule has 0 amide bonds. The first-order chi connectivity index (χ1) is 17.1. The van der Waals surface area contributed by atoms with E-state index in [2.05, 4.69) is 28.6 Å². The first kappa shape index (κ1) is 19.9. The molecule has 0 bridgehead atoms. The molecule has 0 N–H and O–H groups in total. The molecule has 0 aliphatic rings. The van der Waals surface area contributed by atoms with E-state index in [1.165, 1.54) is 0 Å². The smallest absolute Gasteiger partial charge is 0.224 e. The zero-order valence-electron chi connectivity index (χ0n) is 19.2. The van der Waals surface area contributed by atoms with Crippen molar-refractivity contribution in [1.29, 1.82) is 0 Å². The van der Waals surface area contributed by atoms with E-state index in [0.717, 1.165) is 49.5 Å². The summed E-state index contributed by atoms with van der Waals surface area (Å²) in [5.74, 6) is -0.574. The van der Waals surface area contributed by atoms with Crippen molar-refractivity contribution in [3.8, 4) is 22.4 Å². The van der Waals surface area contributed by atoms with Crippen LogP contribution in [0.2, 0.25) is 0 Å². The molecule has 0 unspecified atom stereocenters.